The van der Waals surface area contributed by atoms with Gasteiger partial charge < -0.3 is 9.84 Å². The first-order chi connectivity index (χ1) is 10.3. The first-order valence-corrected chi connectivity index (χ1v) is 9.28. The largest absolute Gasteiger partial charge is 0.371 e. The number of hydrogen-bond donors (Lipinski definition) is 1. The molecule has 4 aliphatic rings. The SMILES string of the molecule is CC12CC3(C)CC(Cn4cc(I)cn4)(C1)CC(OCO)(C2)C3. The third-order valence-corrected chi connectivity index (χ3v) is 6.68. The number of hydrogen-bond acceptors (Lipinski definition) is 3. The highest BCUT2D eigenvalue weighted by Crippen LogP contribution is 2.71. The number of halogens is 1. The fourth-order valence-electron chi connectivity index (χ4n) is 7.06. The highest BCUT2D eigenvalue weighted by molar-refractivity contribution is 14.1. The van der Waals surface area contributed by atoms with Gasteiger partial charge in [-0.15, -0.1) is 0 Å². The number of nitrogens with zero attached hydrogens (tertiary/aromatic N) is 2. The number of aliphatic hydroxyl groups excluding tert-OH is 1. The Kier molecular flexibility index (Phi) is 3.28. The number of rotatable bonds is 4. The van der Waals surface area contributed by atoms with Crippen molar-refractivity contribution in [3.05, 3.63) is 16.0 Å². The average molecular weight is 416 g/mol. The Morgan fingerprint density at radius 3 is 2.41 bits per heavy atom. The minimum absolute atomic E-state index is 0.118. The monoisotopic (exact) mass is 416 g/mol. The second-order valence-electron chi connectivity index (χ2n) is 8.99. The van der Waals surface area contributed by atoms with Gasteiger partial charge in [0.25, 0.3) is 0 Å². The van der Waals surface area contributed by atoms with Crippen LogP contribution in [0.15, 0.2) is 12.4 Å². The lowest BCUT2D eigenvalue weighted by Gasteiger charge is -2.69. The van der Waals surface area contributed by atoms with Crippen LogP contribution in [-0.2, 0) is 11.3 Å². The van der Waals surface area contributed by atoms with Gasteiger partial charge in [0.2, 0.25) is 0 Å². The summed E-state index contributed by atoms with van der Waals surface area (Å²) in [7, 11) is 0. The maximum absolute atomic E-state index is 9.43. The minimum Gasteiger partial charge on any atom is -0.371 e. The van der Waals surface area contributed by atoms with Crippen molar-refractivity contribution < 1.29 is 9.84 Å². The Morgan fingerprint density at radius 1 is 1.18 bits per heavy atom. The van der Waals surface area contributed by atoms with Crippen molar-refractivity contribution in [2.75, 3.05) is 6.79 Å². The van der Waals surface area contributed by atoms with Gasteiger partial charge in [0.15, 0.2) is 0 Å². The van der Waals surface area contributed by atoms with Crippen LogP contribution in [0.1, 0.15) is 52.4 Å². The molecular formula is C17H25IN2O2. The molecule has 0 aliphatic heterocycles. The topological polar surface area (TPSA) is 47.3 Å². The molecule has 4 fully saturated rings. The lowest BCUT2D eigenvalue weighted by atomic mass is 9.39. The first kappa shape index (κ1) is 15.4. The summed E-state index contributed by atoms with van der Waals surface area (Å²) in [6, 6.07) is 0. The van der Waals surface area contributed by atoms with Crippen molar-refractivity contribution in [1.82, 2.24) is 9.78 Å². The first-order valence-electron chi connectivity index (χ1n) is 8.20. The van der Waals surface area contributed by atoms with Crippen molar-refractivity contribution in [3.8, 4) is 0 Å². The molecule has 1 heterocycles. The van der Waals surface area contributed by atoms with E-state index >= 15 is 0 Å². The van der Waals surface area contributed by atoms with Gasteiger partial charge in [-0.2, -0.15) is 5.10 Å². The summed E-state index contributed by atoms with van der Waals surface area (Å²) < 4.78 is 9.28. The van der Waals surface area contributed by atoms with Crippen molar-refractivity contribution >= 4 is 22.6 Å². The molecule has 122 valence electrons. The van der Waals surface area contributed by atoms with Crippen LogP contribution in [0.5, 0.6) is 0 Å². The molecule has 0 spiro atoms. The van der Waals surface area contributed by atoms with E-state index in [1.807, 2.05) is 6.20 Å². The van der Waals surface area contributed by atoms with Gasteiger partial charge in [0.1, 0.15) is 6.79 Å². The Hall–Kier alpha value is -0.140. The molecule has 4 nitrogen and oxygen atoms in total. The van der Waals surface area contributed by atoms with E-state index in [0.717, 1.165) is 25.8 Å². The van der Waals surface area contributed by atoms with Crippen LogP contribution in [0, 0.1) is 19.8 Å². The van der Waals surface area contributed by atoms with Crippen molar-refractivity contribution in [1.29, 1.82) is 0 Å². The minimum atomic E-state index is -0.151. The summed E-state index contributed by atoms with van der Waals surface area (Å²) in [5.74, 6) is 0. The van der Waals surface area contributed by atoms with E-state index in [-0.39, 0.29) is 17.8 Å². The van der Waals surface area contributed by atoms with Crippen molar-refractivity contribution in [2.45, 2.75) is 64.5 Å². The second-order valence-corrected chi connectivity index (χ2v) is 10.2. The molecule has 0 aromatic carbocycles. The molecule has 2 unspecified atom stereocenters. The Labute approximate surface area is 145 Å². The smallest absolute Gasteiger partial charge is 0.144 e. The van der Waals surface area contributed by atoms with Crippen LogP contribution in [0.2, 0.25) is 0 Å². The van der Waals surface area contributed by atoms with E-state index in [1.54, 1.807) is 0 Å². The van der Waals surface area contributed by atoms with E-state index in [9.17, 15) is 5.11 Å². The lowest BCUT2D eigenvalue weighted by molar-refractivity contribution is -0.265. The van der Waals surface area contributed by atoms with E-state index in [4.69, 9.17) is 4.74 Å². The molecule has 22 heavy (non-hydrogen) atoms. The van der Waals surface area contributed by atoms with Crippen LogP contribution in [0.25, 0.3) is 0 Å². The summed E-state index contributed by atoms with van der Waals surface area (Å²) >= 11 is 2.32. The summed E-state index contributed by atoms with van der Waals surface area (Å²) in [6.07, 6.45) is 11.2. The molecule has 4 aliphatic carbocycles. The summed E-state index contributed by atoms with van der Waals surface area (Å²) in [4.78, 5) is 0. The molecule has 0 radical (unpaired) electrons. The highest BCUT2D eigenvalue weighted by Gasteiger charge is 2.66. The number of aliphatic hydroxyl groups is 1. The van der Waals surface area contributed by atoms with Gasteiger partial charge in [0, 0.05) is 12.7 Å². The zero-order chi connectivity index (χ0) is 15.6. The quantitative estimate of drug-likeness (QED) is 0.603. The maximum Gasteiger partial charge on any atom is 0.144 e. The van der Waals surface area contributed by atoms with E-state index in [2.05, 4.69) is 52.4 Å². The van der Waals surface area contributed by atoms with Gasteiger partial charge in [-0.05, 0) is 77.4 Å². The van der Waals surface area contributed by atoms with Crippen LogP contribution in [-0.4, -0.2) is 27.3 Å². The van der Waals surface area contributed by atoms with Gasteiger partial charge in [-0.3, -0.25) is 4.68 Å². The third kappa shape index (κ3) is 2.44. The molecule has 5 rings (SSSR count). The van der Waals surface area contributed by atoms with Gasteiger partial charge in [-0.1, -0.05) is 13.8 Å². The number of aromatic nitrogens is 2. The molecule has 1 aromatic heterocycles. The molecule has 0 amide bonds. The van der Waals surface area contributed by atoms with Gasteiger partial charge in [-0.25, -0.2) is 0 Å². The average Bonchev–Trinajstić information content (AvgIpc) is 2.68. The molecule has 4 bridgehead atoms. The molecule has 2 atom stereocenters. The van der Waals surface area contributed by atoms with E-state index in [1.165, 1.54) is 22.8 Å². The Bertz CT molecular complexity index is 581. The second kappa shape index (κ2) is 4.70. The fourth-order valence-corrected chi connectivity index (χ4v) is 7.50. The normalized spacial score (nSPS) is 46.4. The van der Waals surface area contributed by atoms with Crippen LogP contribution in [0.4, 0.5) is 0 Å². The number of ether oxygens (including phenoxy) is 1. The fraction of sp³-hybridized carbons (Fsp3) is 0.824. The Morgan fingerprint density at radius 2 is 1.86 bits per heavy atom. The zero-order valence-electron chi connectivity index (χ0n) is 13.4. The summed E-state index contributed by atoms with van der Waals surface area (Å²) in [5, 5.41) is 14.0. The third-order valence-electron chi connectivity index (χ3n) is 6.12. The molecule has 4 saturated carbocycles. The predicted molar refractivity (Wildman–Crippen MR) is 92.2 cm³/mol. The summed E-state index contributed by atoms with van der Waals surface area (Å²) in [6.45, 7) is 5.69. The molecule has 1 N–H and O–H groups in total. The molecule has 0 saturated heterocycles. The van der Waals surface area contributed by atoms with Crippen LogP contribution < -0.4 is 0 Å². The van der Waals surface area contributed by atoms with Crippen LogP contribution in [0.3, 0.4) is 0 Å². The Balaban J connectivity index is 1.70. The standard InChI is InChI=1S/C17H25IN2O2/c1-14-5-15(2)7-16(6-14,11-20-4-13(18)3-19-20)10-17(8-14,9-15)22-12-21/h3-4,21H,5-12H2,1-2H3. The van der Waals surface area contributed by atoms with Crippen LogP contribution >= 0.6 is 22.6 Å². The van der Waals surface area contributed by atoms with Gasteiger partial charge >= 0.3 is 0 Å². The molecular weight excluding hydrogens is 391 g/mol. The maximum atomic E-state index is 9.43. The molecule has 5 heteroatoms. The summed E-state index contributed by atoms with van der Waals surface area (Å²) in [5.41, 5.74) is 0.841. The highest BCUT2D eigenvalue weighted by atomic mass is 127. The van der Waals surface area contributed by atoms with Gasteiger partial charge in [0.05, 0.1) is 15.4 Å². The van der Waals surface area contributed by atoms with E-state index in [0.29, 0.717) is 10.8 Å². The predicted octanol–water partition coefficient (Wildman–Crippen LogP) is 3.57. The van der Waals surface area contributed by atoms with Crippen molar-refractivity contribution in [3.63, 3.8) is 0 Å². The van der Waals surface area contributed by atoms with Crippen molar-refractivity contribution in [2.24, 2.45) is 16.2 Å². The zero-order valence-corrected chi connectivity index (χ0v) is 15.6. The van der Waals surface area contributed by atoms with E-state index < -0.39 is 0 Å². The molecule has 1 aromatic rings. The lowest BCUT2D eigenvalue weighted by Crippen LogP contribution is -2.64.